The second kappa shape index (κ2) is 4.54. The highest BCUT2D eigenvalue weighted by Gasteiger charge is 2.27. The number of aromatic nitrogens is 2. The largest absolute Gasteiger partial charge is 0.369 e. The van der Waals surface area contributed by atoms with Crippen molar-refractivity contribution in [2.45, 2.75) is 33.4 Å². The minimum atomic E-state index is -0.00489. The number of benzene rings is 1. The molecule has 1 unspecified atom stereocenters. The molecule has 1 N–H and O–H groups in total. The highest BCUT2D eigenvalue weighted by atomic mass is 16.1. The lowest BCUT2D eigenvalue weighted by molar-refractivity contribution is 0.249. The number of para-hydroxylation sites is 1. The van der Waals surface area contributed by atoms with E-state index in [0.29, 0.717) is 5.92 Å². The van der Waals surface area contributed by atoms with Crippen molar-refractivity contribution in [3.8, 4) is 0 Å². The zero-order chi connectivity index (χ0) is 14.4. The molecule has 2 aromatic rings. The van der Waals surface area contributed by atoms with Crippen LogP contribution in [0.3, 0.4) is 0 Å². The van der Waals surface area contributed by atoms with Crippen molar-refractivity contribution in [1.29, 1.82) is 0 Å². The summed E-state index contributed by atoms with van der Waals surface area (Å²) in [6.45, 7) is 12.1. The molecule has 1 atom stereocenters. The Morgan fingerprint density at radius 2 is 2.20 bits per heavy atom. The Bertz CT molecular complexity index is 723. The minimum Gasteiger partial charge on any atom is -0.369 e. The molecule has 0 fully saturated rings. The number of hydrogen-bond acceptors (Lipinski definition) is 2. The van der Waals surface area contributed by atoms with Gasteiger partial charge in [0.2, 0.25) is 0 Å². The van der Waals surface area contributed by atoms with Crippen molar-refractivity contribution in [1.82, 2.24) is 14.5 Å². The van der Waals surface area contributed by atoms with Crippen LogP contribution in [0, 0.1) is 5.92 Å². The maximum Gasteiger partial charge on any atom is 0.326 e. The molecule has 20 heavy (non-hydrogen) atoms. The first-order valence-corrected chi connectivity index (χ1v) is 7.11. The SMILES string of the molecule is C=C(C)N1Cc2cccc3[nH]c(=O)n(c23)C(C(C)C)C1. The van der Waals surface area contributed by atoms with E-state index >= 15 is 0 Å². The molecule has 0 spiro atoms. The molecule has 2 heterocycles. The summed E-state index contributed by atoms with van der Waals surface area (Å²) in [5.41, 5.74) is 4.22. The zero-order valence-electron chi connectivity index (χ0n) is 12.3. The molecule has 0 radical (unpaired) electrons. The number of imidazole rings is 1. The van der Waals surface area contributed by atoms with Gasteiger partial charge in [-0.05, 0) is 24.5 Å². The molecule has 0 amide bonds. The molecule has 1 aliphatic heterocycles. The first kappa shape index (κ1) is 13.0. The molecular weight excluding hydrogens is 250 g/mol. The normalized spacial score (nSPS) is 18.6. The van der Waals surface area contributed by atoms with Crippen LogP contribution in [0.4, 0.5) is 0 Å². The van der Waals surface area contributed by atoms with Gasteiger partial charge in [-0.25, -0.2) is 4.79 Å². The number of nitrogens with zero attached hydrogens (tertiary/aromatic N) is 2. The molecule has 0 aliphatic carbocycles. The van der Waals surface area contributed by atoms with E-state index in [1.165, 1.54) is 5.56 Å². The van der Waals surface area contributed by atoms with Crippen LogP contribution >= 0.6 is 0 Å². The summed E-state index contributed by atoms with van der Waals surface area (Å²) in [7, 11) is 0. The van der Waals surface area contributed by atoms with E-state index in [1.54, 1.807) is 0 Å². The average Bonchev–Trinajstić information content (AvgIpc) is 2.60. The van der Waals surface area contributed by atoms with Crippen molar-refractivity contribution in [3.05, 3.63) is 46.5 Å². The summed E-state index contributed by atoms with van der Waals surface area (Å²) in [4.78, 5) is 17.6. The first-order valence-electron chi connectivity index (χ1n) is 7.11. The maximum atomic E-state index is 12.4. The van der Waals surface area contributed by atoms with Gasteiger partial charge >= 0.3 is 5.69 Å². The van der Waals surface area contributed by atoms with Crippen molar-refractivity contribution in [2.75, 3.05) is 6.54 Å². The second-order valence-corrected chi connectivity index (χ2v) is 6.04. The topological polar surface area (TPSA) is 41.0 Å². The fraction of sp³-hybridized carbons (Fsp3) is 0.438. The van der Waals surface area contributed by atoms with Gasteiger partial charge in [0.15, 0.2) is 0 Å². The lowest BCUT2D eigenvalue weighted by Crippen LogP contribution is -2.33. The lowest BCUT2D eigenvalue weighted by atomic mass is 10.0. The molecule has 0 saturated heterocycles. The van der Waals surface area contributed by atoms with Gasteiger partial charge in [0.25, 0.3) is 0 Å². The monoisotopic (exact) mass is 271 g/mol. The van der Waals surface area contributed by atoms with Gasteiger partial charge in [-0.3, -0.25) is 4.57 Å². The van der Waals surface area contributed by atoms with Crippen molar-refractivity contribution in [2.24, 2.45) is 5.92 Å². The van der Waals surface area contributed by atoms with E-state index < -0.39 is 0 Å². The van der Waals surface area contributed by atoms with Crippen LogP contribution in [0.2, 0.25) is 0 Å². The van der Waals surface area contributed by atoms with Gasteiger partial charge in [-0.1, -0.05) is 32.6 Å². The van der Waals surface area contributed by atoms with Crippen LogP contribution in [-0.2, 0) is 6.54 Å². The van der Waals surface area contributed by atoms with Crippen LogP contribution in [0.5, 0.6) is 0 Å². The maximum absolute atomic E-state index is 12.4. The van der Waals surface area contributed by atoms with E-state index in [0.717, 1.165) is 29.8 Å². The minimum absolute atomic E-state index is 0.00489. The molecule has 0 saturated carbocycles. The number of hydrogen-bond donors (Lipinski definition) is 1. The Labute approximate surface area is 118 Å². The number of allylic oxidation sites excluding steroid dienone is 1. The van der Waals surface area contributed by atoms with Crippen molar-refractivity contribution in [3.63, 3.8) is 0 Å². The highest BCUT2D eigenvalue weighted by molar-refractivity contribution is 5.79. The van der Waals surface area contributed by atoms with E-state index in [9.17, 15) is 4.79 Å². The molecular formula is C16H21N3O. The van der Waals surface area contributed by atoms with E-state index in [-0.39, 0.29) is 11.7 Å². The van der Waals surface area contributed by atoms with Crippen molar-refractivity contribution < 1.29 is 0 Å². The Morgan fingerprint density at radius 3 is 2.85 bits per heavy atom. The Morgan fingerprint density at radius 1 is 1.45 bits per heavy atom. The van der Waals surface area contributed by atoms with Gasteiger partial charge in [0.1, 0.15) is 0 Å². The molecule has 3 rings (SSSR count). The molecule has 1 aromatic carbocycles. The van der Waals surface area contributed by atoms with Gasteiger partial charge in [-0.2, -0.15) is 0 Å². The Kier molecular flexibility index (Phi) is 2.96. The van der Waals surface area contributed by atoms with Crippen LogP contribution in [0.15, 0.2) is 35.3 Å². The summed E-state index contributed by atoms with van der Waals surface area (Å²) >= 11 is 0. The third kappa shape index (κ3) is 1.87. The Hall–Kier alpha value is -1.97. The lowest BCUT2D eigenvalue weighted by Gasteiger charge is -2.29. The smallest absolute Gasteiger partial charge is 0.326 e. The Balaban J connectivity index is 2.29. The summed E-state index contributed by atoms with van der Waals surface area (Å²) in [6.07, 6.45) is 0. The molecule has 1 aromatic heterocycles. The number of H-pyrrole nitrogens is 1. The zero-order valence-corrected chi connectivity index (χ0v) is 12.3. The third-order valence-electron chi connectivity index (χ3n) is 4.23. The van der Waals surface area contributed by atoms with Crippen LogP contribution in [0.1, 0.15) is 32.4 Å². The summed E-state index contributed by atoms with van der Waals surface area (Å²) in [6, 6.07) is 6.25. The fourth-order valence-corrected chi connectivity index (χ4v) is 3.08. The van der Waals surface area contributed by atoms with E-state index in [4.69, 9.17) is 0 Å². The summed E-state index contributed by atoms with van der Waals surface area (Å²) in [5, 5.41) is 0. The quantitative estimate of drug-likeness (QED) is 0.912. The first-order chi connectivity index (χ1) is 9.49. The number of aromatic amines is 1. The number of nitrogens with one attached hydrogen (secondary N) is 1. The number of rotatable bonds is 2. The second-order valence-electron chi connectivity index (χ2n) is 6.04. The predicted molar refractivity (Wildman–Crippen MR) is 81.7 cm³/mol. The molecule has 4 heteroatoms. The molecule has 4 nitrogen and oxygen atoms in total. The average molecular weight is 271 g/mol. The molecule has 1 aliphatic rings. The van der Waals surface area contributed by atoms with Crippen LogP contribution < -0.4 is 5.69 Å². The van der Waals surface area contributed by atoms with Gasteiger partial charge in [0.05, 0.1) is 17.1 Å². The standard InChI is InChI=1S/C16H21N3O/c1-10(2)14-9-18(11(3)4)8-12-6-5-7-13-15(12)19(14)16(20)17-13/h5-7,10,14H,3,8-9H2,1-2,4H3,(H,17,20). The molecule has 0 bridgehead atoms. The highest BCUT2D eigenvalue weighted by Crippen LogP contribution is 2.30. The van der Waals surface area contributed by atoms with Gasteiger partial charge in [0, 0.05) is 18.8 Å². The predicted octanol–water partition coefficient (Wildman–Crippen LogP) is 2.88. The summed E-state index contributed by atoms with van der Waals surface area (Å²) < 4.78 is 1.94. The van der Waals surface area contributed by atoms with Gasteiger partial charge in [-0.15, -0.1) is 0 Å². The fourth-order valence-electron chi connectivity index (χ4n) is 3.08. The van der Waals surface area contributed by atoms with Crippen LogP contribution in [0.25, 0.3) is 11.0 Å². The van der Waals surface area contributed by atoms with E-state index in [1.807, 2.05) is 23.6 Å². The van der Waals surface area contributed by atoms with Crippen molar-refractivity contribution >= 4 is 11.0 Å². The van der Waals surface area contributed by atoms with Crippen LogP contribution in [-0.4, -0.2) is 21.0 Å². The van der Waals surface area contributed by atoms with Gasteiger partial charge < -0.3 is 9.88 Å². The third-order valence-corrected chi connectivity index (χ3v) is 4.23. The van der Waals surface area contributed by atoms with E-state index in [2.05, 4.69) is 36.4 Å². The molecule has 106 valence electrons. The summed E-state index contributed by atoms with van der Waals surface area (Å²) in [5.74, 6) is 0.389.